The molecule has 0 aromatic heterocycles. The Bertz CT molecular complexity index is 859. The highest BCUT2D eigenvalue weighted by atomic mass is 32.2. The fourth-order valence-electron chi connectivity index (χ4n) is 2.31. The van der Waals surface area contributed by atoms with Gasteiger partial charge in [0.05, 0.1) is 11.5 Å². The number of amides is 1. The Hall–Kier alpha value is -2.34. The molecule has 2 rings (SSSR count). The topological polar surface area (TPSA) is 72.5 Å². The average Bonchev–Trinajstić information content (AvgIpc) is 2.54. The Morgan fingerprint density at radius 2 is 1.80 bits per heavy atom. The molecule has 0 aliphatic carbocycles. The van der Waals surface area contributed by atoms with E-state index in [-0.39, 0.29) is 10.8 Å². The van der Waals surface area contributed by atoms with Gasteiger partial charge in [-0.2, -0.15) is 0 Å². The lowest BCUT2D eigenvalue weighted by Gasteiger charge is -2.11. The highest BCUT2D eigenvalue weighted by molar-refractivity contribution is 7.90. The predicted octanol–water partition coefficient (Wildman–Crippen LogP) is 3.50. The molecular weight excluding hydrogens is 338 g/mol. The van der Waals surface area contributed by atoms with Gasteiger partial charge in [-0.3, -0.25) is 4.79 Å². The van der Waals surface area contributed by atoms with Crippen LogP contribution in [0.1, 0.15) is 24.0 Å². The largest absolute Gasteiger partial charge is 0.493 e. The highest BCUT2D eigenvalue weighted by Crippen LogP contribution is 2.21. The molecule has 2 aromatic rings. The lowest BCUT2D eigenvalue weighted by Crippen LogP contribution is -2.14. The van der Waals surface area contributed by atoms with Crippen LogP contribution in [0.5, 0.6) is 5.75 Å². The standard InChI is InChI=1S/C19H23NO4S/c1-14-10-11-16(25(3,22)23)13-17(14)20-19(21)9-6-12-24-18-8-5-4-7-15(18)2/h4-5,7-8,10-11,13H,6,9,12H2,1-3H3,(H,20,21). The molecule has 0 aliphatic heterocycles. The summed E-state index contributed by atoms with van der Waals surface area (Å²) in [5, 5.41) is 2.77. The molecule has 25 heavy (non-hydrogen) atoms. The molecular formula is C19H23NO4S. The third kappa shape index (κ3) is 5.60. The Morgan fingerprint density at radius 1 is 1.08 bits per heavy atom. The van der Waals surface area contributed by atoms with E-state index in [9.17, 15) is 13.2 Å². The smallest absolute Gasteiger partial charge is 0.224 e. The van der Waals surface area contributed by atoms with E-state index in [2.05, 4.69) is 5.32 Å². The number of hydrogen-bond donors (Lipinski definition) is 1. The molecule has 0 fully saturated rings. The molecule has 0 atom stereocenters. The van der Waals surface area contributed by atoms with Crippen molar-refractivity contribution < 1.29 is 17.9 Å². The molecule has 0 aliphatic rings. The van der Waals surface area contributed by atoms with Crippen LogP contribution in [0.4, 0.5) is 5.69 Å². The first-order chi connectivity index (χ1) is 11.8. The van der Waals surface area contributed by atoms with E-state index in [1.54, 1.807) is 6.07 Å². The molecule has 2 aromatic carbocycles. The quantitative estimate of drug-likeness (QED) is 0.766. The monoisotopic (exact) mass is 361 g/mol. The maximum atomic E-state index is 12.1. The molecule has 134 valence electrons. The Kier molecular flexibility index (Phi) is 6.20. The van der Waals surface area contributed by atoms with Gasteiger partial charge in [0.1, 0.15) is 5.75 Å². The molecule has 0 saturated heterocycles. The van der Waals surface area contributed by atoms with Gasteiger partial charge in [0.25, 0.3) is 0 Å². The van der Waals surface area contributed by atoms with Gasteiger partial charge in [-0.25, -0.2) is 8.42 Å². The van der Waals surface area contributed by atoms with E-state index < -0.39 is 9.84 Å². The van der Waals surface area contributed by atoms with E-state index >= 15 is 0 Å². The van der Waals surface area contributed by atoms with E-state index in [0.29, 0.717) is 25.1 Å². The molecule has 1 N–H and O–H groups in total. The summed E-state index contributed by atoms with van der Waals surface area (Å²) in [6.45, 7) is 4.24. The molecule has 0 spiro atoms. The van der Waals surface area contributed by atoms with Gasteiger partial charge in [-0.05, 0) is 49.6 Å². The lowest BCUT2D eigenvalue weighted by atomic mass is 10.2. The maximum absolute atomic E-state index is 12.1. The van der Waals surface area contributed by atoms with Crippen LogP contribution in [0.2, 0.25) is 0 Å². The summed E-state index contributed by atoms with van der Waals surface area (Å²) in [4.78, 5) is 12.3. The summed E-state index contributed by atoms with van der Waals surface area (Å²) in [5.41, 5.74) is 2.39. The number of carbonyl (C=O) groups is 1. The summed E-state index contributed by atoms with van der Waals surface area (Å²) in [5.74, 6) is 0.654. The Morgan fingerprint density at radius 3 is 2.48 bits per heavy atom. The van der Waals surface area contributed by atoms with Crippen molar-refractivity contribution in [2.24, 2.45) is 0 Å². The fraction of sp³-hybridized carbons (Fsp3) is 0.316. The molecule has 1 amide bonds. The van der Waals surface area contributed by atoms with E-state index in [0.717, 1.165) is 23.1 Å². The van der Waals surface area contributed by atoms with Gasteiger partial charge >= 0.3 is 0 Å². The van der Waals surface area contributed by atoms with Crippen molar-refractivity contribution in [3.8, 4) is 5.75 Å². The van der Waals surface area contributed by atoms with Crippen LogP contribution in [0.15, 0.2) is 47.4 Å². The number of ether oxygens (including phenoxy) is 1. The zero-order valence-electron chi connectivity index (χ0n) is 14.7. The summed E-state index contributed by atoms with van der Waals surface area (Å²) in [7, 11) is -3.30. The molecule has 0 radical (unpaired) electrons. The van der Waals surface area contributed by atoms with E-state index in [1.807, 2.05) is 38.1 Å². The number of para-hydroxylation sites is 1. The minimum absolute atomic E-state index is 0.165. The molecule has 0 saturated carbocycles. The zero-order chi connectivity index (χ0) is 18.4. The van der Waals surface area contributed by atoms with Gasteiger partial charge in [0.15, 0.2) is 9.84 Å². The molecule has 0 heterocycles. The number of hydrogen-bond acceptors (Lipinski definition) is 4. The summed E-state index contributed by atoms with van der Waals surface area (Å²) in [6.07, 6.45) is 2.02. The number of sulfone groups is 1. The van der Waals surface area contributed by atoms with Crippen LogP contribution in [0, 0.1) is 13.8 Å². The molecule has 5 nitrogen and oxygen atoms in total. The van der Waals surface area contributed by atoms with Crippen LogP contribution in [0.3, 0.4) is 0 Å². The molecule has 6 heteroatoms. The van der Waals surface area contributed by atoms with Gasteiger partial charge in [-0.1, -0.05) is 24.3 Å². The van der Waals surface area contributed by atoms with Crippen LogP contribution < -0.4 is 10.1 Å². The Balaban J connectivity index is 1.87. The Labute approximate surface area is 148 Å². The minimum Gasteiger partial charge on any atom is -0.493 e. The third-order valence-corrected chi connectivity index (χ3v) is 4.92. The van der Waals surface area contributed by atoms with E-state index in [1.165, 1.54) is 12.1 Å². The second-order valence-electron chi connectivity index (χ2n) is 6.01. The number of aryl methyl sites for hydroxylation is 2. The van der Waals surface area contributed by atoms with Crippen molar-refractivity contribution in [1.82, 2.24) is 0 Å². The summed E-state index contributed by atoms with van der Waals surface area (Å²) < 4.78 is 28.9. The number of benzene rings is 2. The number of nitrogens with one attached hydrogen (secondary N) is 1. The van der Waals surface area contributed by atoms with Crippen LogP contribution >= 0.6 is 0 Å². The first-order valence-corrected chi connectivity index (χ1v) is 9.95. The second-order valence-corrected chi connectivity index (χ2v) is 8.03. The second kappa shape index (κ2) is 8.16. The first kappa shape index (κ1) is 19.0. The van der Waals surface area contributed by atoms with Crippen LogP contribution in [0.25, 0.3) is 0 Å². The lowest BCUT2D eigenvalue weighted by molar-refractivity contribution is -0.116. The van der Waals surface area contributed by atoms with E-state index in [4.69, 9.17) is 4.74 Å². The van der Waals surface area contributed by atoms with Gasteiger partial charge in [0, 0.05) is 18.4 Å². The summed E-state index contributed by atoms with van der Waals surface area (Å²) >= 11 is 0. The van der Waals surface area contributed by atoms with Crippen molar-refractivity contribution in [3.63, 3.8) is 0 Å². The van der Waals surface area contributed by atoms with Gasteiger partial charge < -0.3 is 10.1 Å². The SMILES string of the molecule is Cc1ccc(S(C)(=O)=O)cc1NC(=O)CCCOc1ccccc1C. The van der Waals surface area contributed by atoms with Crippen molar-refractivity contribution in [2.45, 2.75) is 31.6 Å². The maximum Gasteiger partial charge on any atom is 0.224 e. The molecule has 0 unspecified atom stereocenters. The average molecular weight is 361 g/mol. The fourth-order valence-corrected chi connectivity index (χ4v) is 2.96. The van der Waals surface area contributed by atoms with Gasteiger partial charge in [0.2, 0.25) is 5.91 Å². The number of rotatable bonds is 7. The number of anilines is 1. The van der Waals surface area contributed by atoms with Crippen molar-refractivity contribution in [3.05, 3.63) is 53.6 Å². The van der Waals surface area contributed by atoms with Crippen LogP contribution in [-0.2, 0) is 14.6 Å². The first-order valence-electron chi connectivity index (χ1n) is 8.06. The van der Waals surface area contributed by atoms with Crippen molar-refractivity contribution in [2.75, 3.05) is 18.2 Å². The van der Waals surface area contributed by atoms with Crippen LogP contribution in [-0.4, -0.2) is 27.2 Å². The zero-order valence-corrected chi connectivity index (χ0v) is 15.5. The predicted molar refractivity (Wildman–Crippen MR) is 98.8 cm³/mol. The van der Waals surface area contributed by atoms with Gasteiger partial charge in [-0.15, -0.1) is 0 Å². The normalized spacial score (nSPS) is 11.2. The minimum atomic E-state index is -3.30. The third-order valence-electron chi connectivity index (χ3n) is 3.81. The highest BCUT2D eigenvalue weighted by Gasteiger charge is 2.11. The molecule has 0 bridgehead atoms. The number of carbonyl (C=O) groups excluding carboxylic acids is 1. The van der Waals surface area contributed by atoms with Crippen molar-refractivity contribution >= 4 is 21.4 Å². The van der Waals surface area contributed by atoms with Crippen molar-refractivity contribution in [1.29, 1.82) is 0 Å². The summed E-state index contributed by atoms with van der Waals surface area (Å²) in [6, 6.07) is 12.4.